The molecule has 4 saturated carbocycles. The minimum absolute atomic E-state index is 0.0493. The molecule has 4 bridgehead atoms. The zero-order chi connectivity index (χ0) is 30.5. The van der Waals surface area contributed by atoms with Gasteiger partial charge >= 0.3 is 5.97 Å². The summed E-state index contributed by atoms with van der Waals surface area (Å²) in [7, 11) is 0. The molecule has 1 spiro atoms. The van der Waals surface area contributed by atoms with Crippen LogP contribution in [0.1, 0.15) is 92.4 Å². The number of hydrogen-bond donors (Lipinski definition) is 6. The predicted molar refractivity (Wildman–Crippen MR) is 150 cm³/mol. The number of piperidine rings is 2. The van der Waals surface area contributed by atoms with Gasteiger partial charge in [-0.3, -0.25) is 9.69 Å². The maximum absolute atomic E-state index is 12.9. The average Bonchev–Trinajstić information content (AvgIpc) is 3.09. The van der Waals surface area contributed by atoms with Gasteiger partial charge in [0.2, 0.25) is 5.79 Å². The van der Waals surface area contributed by atoms with E-state index in [0.717, 1.165) is 6.42 Å². The second kappa shape index (κ2) is 8.69. The van der Waals surface area contributed by atoms with Gasteiger partial charge < -0.3 is 40.1 Å². The lowest BCUT2D eigenvalue weighted by Crippen LogP contribution is -2.85. The highest BCUT2D eigenvalue weighted by Crippen LogP contribution is 2.78. The van der Waals surface area contributed by atoms with Crippen molar-refractivity contribution in [2.45, 2.75) is 144 Å². The zero-order valence-corrected chi connectivity index (χ0v) is 25.8. The highest BCUT2D eigenvalue weighted by molar-refractivity contribution is 5.72. The third-order valence-corrected chi connectivity index (χ3v) is 14.3. The fraction of sp³-hybridized carbons (Fsp3) is 0.969. The van der Waals surface area contributed by atoms with Crippen LogP contribution in [-0.4, -0.2) is 107 Å². The zero-order valence-electron chi connectivity index (χ0n) is 25.8. The van der Waals surface area contributed by atoms with Gasteiger partial charge in [0.05, 0.1) is 17.6 Å². The van der Waals surface area contributed by atoms with Crippen molar-refractivity contribution < 1.29 is 44.9 Å². The van der Waals surface area contributed by atoms with E-state index in [1.54, 1.807) is 13.8 Å². The van der Waals surface area contributed by atoms with Gasteiger partial charge in [0, 0.05) is 55.1 Å². The van der Waals surface area contributed by atoms with Crippen LogP contribution in [0.3, 0.4) is 0 Å². The van der Waals surface area contributed by atoms with Crippen molar-refractivity contribution in [3.05, 3.63) is 0 Å². The summed E-state index contributed by atoms with van der Waals surface area (Å²) in [6.07, 6.45) is 1.40. The Morgan fingerprint density at radius 2 is 1.67 bits per heavy atom. The quantitative estimate of drug-likeness (QED) is 0.261. The molecule has 1 unspecified atom stereocenters. The molecule has 0 radical (unpaired) electrons. The SMILES string of the molecule is CCC(C)C(=O)O[C@H]1CC[C@@]2(C)[C@@H]3CC[C@H]4[C@]5(O)C[C@H](O)[C@@]6(O)[C@@H](CN7C[C@@H](C)CC[C@H]7[C@@]6(C)O)[C@]5(O)C[C@@]42O[C@]13O. The van der Waals surface area contributed by atoms with Crippen LogP contribution < -0.4 is 0 Å². The van der Waals surface area contributed by atoms with Crippen LogP contribution in [0.5, 0.6) is 0 Å². The van der Waals surface area contributed by atoms with E-state index in [-0.39, 0.29) is 43.2 Å². The van der Waals surface area contributed by atoms with Gasteiger partial charge in [-0.15, -0.1) is 0 Å². The lowest BCUT2D eigenvalue weighted by Gasteiger charge is -2.68. The van der Waals surface area contributed by atoms with Crippen molar-refractivity contribution in [1.29, 1.82) is 0 Å². The van der Waals surface area contributed by atoms with Crippen LogP contribution in [0.2, 0.25) is 0 Å². The Balaban J connectivity index is 1.31. The fourth-order valence-corrected chi connectivity index (χ4v) is 11.9. The van der Waals surface area contributed by atoms with Gasteiger partial charge in [-0.1, -0.05) is 27.7 Å². The Hall–Kier alpha value is -0.850. The Morgan fingerprint density at radius 3 is 2.36 bits per heavy atom. The molecule has 0 aromatic carbocycles. The first-order valence-corrected chi connectivity index (χ1v) is 16.4. The molecule has 6 N–H and O–H groups in total. The molecule has 0 amide bonds. The molecule has 4 aliphatic carbocycles. The number of aliphatic hydroxyl groups is 6. The lowest BCUT2D eigenvalue weighted by atomic mass is 9.49. The average molecular weight is 594 g/mol. The van der Waals surface area contributed by atoms with E-state index in [0.29, 0.717) is 51.0 Å². The van der Waals surface area contributed by atoms with E-state index in [1.165, 1.54) is 0 Å². The number of carbonyl (C=O) groups excluding carboxylic acids is 1. The van der Waals surface area contributed by atoms with Crippen LogP contribution in [-0.2, 0) is 14.3 Å². The van der Waals surface area contributed by atoms with Gasteiger partial charge in [0.25, 0.3) is 0 Å². The van der Waals surface area contributed by atoms with Gasteiger partial charge in [-0.05, 0) is 57.8 Å². The Labute approximate surface area is 248 Å². The molecule has 3 aliphatic heterocycles. The largest absolute Gasteiger partial charge is 0.456 e. The summed E-state index contributed by atoms with van der Waals surface area (Å²) in [4.78, 5) is 15.0. The summed E-state index contributed by atoms with van der Waals surface area (Å²) in [5.41, 5.74) is -9.33. The smallest absolute Gasteiger partial charge is 0.309 e. The second-order valence-corrected chi connectivity index (χ2v) is 16.0. The summed E-state index contributed by atoms with van der Waals surface area (Å²) in [5, 5.41) is 74.0. The van der Waals surface area contributed by atoms with Gasteiger partial charge in [-0.2, -0.15) is 0 Å². The van der Waals surface area contributed by atoms with Gasteiger partial charge in [0.1, 0.15) is 22.4 Å². The van der Waals surface area contributed by atoms with Crippen molar-refractivity contribution in [2.75, 3.05) is 13.1 Å². The highest BCUT2D eigenvalue weighted by atomic mass is 16.7. The highest BCUT2D eigenvalue weighted by Gasteiger charge is 2.88. The van der Waals surface area contributed by atoms with Crippen molar-refractivity contribution >= 4 is 5.97 Å². The van der Waals surface area contributed by atoms with E-state index in [9.17, 15) is 35.4 Å². The van der Waals surface area contributed by atoms with E-state index < -0.39 is 63.3 Å². The van der Waals surface area contributed by atoms with E-state index in [1.807, 2.05) is 6.92 Å². The summed E-state index contributed by atoms with van der Waals surface area (Å²) in [6.45, 7) is 10.4. The molecule has 42 heavy (non-hydrogen) atoms. The number of ether oxygens (including phenoxy) is 2. The molecular formula is C32H51NO9. The van der Waals surface area contributed by atoms with Gasteiger partial charge in [-0.25, -0.2) is 0 Å². The molecule has 3 saturated heterocycles. The van der Waals surface area contributed by atoms with Crippen LogP contribution >= 0.6 is 0 Å². The minimum Gasteiger partial charge on any atom is -0.456 e. The first-order chi connectivity index (χ1) is 19.5. The normalized spacial score (nSPS) is 60.6. The number of esters is 1. The van der Waals surface area contributed by atoms with Crippen LogP contribution in [0.4, 0.5) is 0 Å². The minimum atomic E-state index is -2.06. The Kier molecular flexibility index (Phi) is 6.17. The van der Waals surface area contributed by atoms with Crippen LogP contribution in [0.15, 0.2) is 0 Å². The number of fused-ring (bicyclic) bond motifs is 5. The van der Waals surface area contributed by atoms with E-state index in [4.69, 9.17) is 9.47 Å². The molecule has 0 aromatic heterocycles. The van der Waals surface area contributed by atoms with Crippen molar-refractivity contribution in [2.24, 2.45) is 35.0 Å². The molecule has 3 heterocycles. The first-order valence-electron chi connectivity index (χ1n) is 16.4. The molecule has 7 aliphatic rings. The molecular weight excluding hydrogens is 542 g/mol. The predicted octanol–water partition coefficient (Wildman–Crippen LogP) is 1.07. The van der Waals surface area contributed by atoms with Gasteiger partial charge in [0.15, 0.2) is 6.10 Å². The maximum Gasteiger partial charge on any atom is 0.309 e. The Morgan fingerprint density at radius 1 is 0.976 bits per heavy atom. The second-order valence-electron chi connectivity index (χ2n) is 16.0. The summed E-state index contributed by atoms with van der Waals surface area (Å²) in [5.74, 6) is -4.15. The van der Waals surface area contributed by atoms with Crippen LogP contribution in [0.25, 0.3) is 0 Å². The van der Waals surface area contributed by atoms with E-state index in [2.05, 4.69) is 18.7 Å². The Bertz CT molecular complexity index is 1170. The molecule has 238 valence electrons. The number of carbonyl (C=O) groups is 1. The monoisotopic (exact) mass is 593 g/mol. The topological polar surface area (TPSA) is 160 Å². The molecule has 7 fully saturated rings. The van der Waals surface area contributed by atoms with Crippen molar-refractivity contribution in [3.8, 4) is 0 Å². The molecule has 0 aromatic rings. The maximum atomic E-state index is 12.9. The number of nitrogens with zero attached hydrogens (tertiary/aromatic N) is 1. The standard InChI is InChI=1S/C32H51NO9/c1-6-18(3)25(35)41-24-11-12-26(4)19-8-9-20-28(37)13-23(34)31(39)21(29(28,38)16-30(20,26)42-32(19,24)40)15-33-14-17(2)7-10-22(33)27(31,5)36/h17-24,34,36-40H,6-16H2,1-5H3/t17-,18?,19-,20-,21-,22-,23-,24-,26-,27+,28+,29+,30+,31-,32-/m0/s1. The lowest BCUT2D eigenvalue weighted by molar-refractivity contribution is -0.354. The first kappa shape index (κ1) is 29.8. The molecule has 7 rings (SSSR count). The number of hydrogen-bond acceptors (Lipinski definition) is 10. The third-order valence-electron chi connectivity index (χ3n) is 14.3. The summed E-state index contributed by atoms with van der Waals surface area (Å²) in [6, 6.07) is -0.383. The van der Waals surface area contributed by atoms with E-state index >= 15 is 0 Å². The number of rotatable bonds is 3. The summed E-state index contributed by atoms with van der Waals surface area (Å²) >= 11 is 0. The van der Waals surface area contributed by atoms with Crippen molar-refractivity contribution in [1.82, 2.24) is 4.90 Å². The summed E-state index contributed by atoms with van der Waals surface area (Å²) < 4.78 is 12.7. The molecule has 10 heteroatoms. The molecule has 10 nitrogen and oxygen atoms in total. The van der Waals surface area contributed by atoms with Crippen LogP contribution in [0, 0.1) is 35.0 Å². The van der Waals surface area contributed by atoms with Crippen molar-refractivity contribution in [3.63, 3.8) is 0 Å². The number of aliphatic hydroxyl groups excluding tert-OH is 1. The third kappa shape index (κ3) is 3.12. The molecule has 15 atom stereocenters. The fourth-order valence-electron chi connectivity index (χ4n) is 11.9.